The van der Waals surface area contributed by atoms with E-state index in [1.807, 2.05) is 0 Å². The highest BCUT2D eigenvalue weighted by atomic mass is 19.4. The first-order valence-electron chi connectivity index (χ1n) is 6.89. The highest BCUT2D eigenvalue weighted by molar-refractivity contribution is 5.92. The van der Waals surface area contributed by atoms with Crippen LogP contribution in [0.4, 0.5) is 32.2 Å². The van der Waals surface area contributed by atoms with Gasteiger partial charge in [-0.3, -0.25) is 0 Å². The van der Waals surface area contributed by atoms with Crippen molar-refractivity contribution in [2.45, 2.75) is 19.3 Å². The SMILES string of the molecule is Cc1cc2nn(-c3ccc(C(F)(F)F)cc3)c(N)c2c(C(F)(F)F)n1. The van der Waals surface area contributed by atoms with Crippen molar-refractivity contribution >= 4 is 16.7 Å². The van der Waals surface area contributed by atoms with Gasteiger partial charge in [-0.05, 0) is 37.3 Å². The molecule has 25 heavy (non-hydrogen) atoms. The van der Waals surface area contributed by atoms with Crippen molar-refractivity contribution < 1.29 is 26.3 Å². The van der Waals surface area contributed by atoms with E-state index in [0.29, 0.717) is 0 Å². The Bertz CT molecular complexity index is 938. The van der Waals surface area contributed by atoms with Gasteiger partial charge < -0.3 is 5.73 Å². The number of anilines is 1. The molecular formula is C15H10F6N4. The van der Waals surface area contributed by atoms with E-state index in [0.717, 1.165) is 28.9 Å². The Balaban J connectivity index is 2.20. The van der Waals surface area contributed by atoms with Gasteiger partial charge in [-0.1, -0.05) is 0 Å². The molecule has 0 bridgehead atoms. The van der Waals surface area contributed by atoms with E-state index in [2.05, 4.69) is 10.1 Å². The van der Waals surface area contributed by atoms with Gasteiger partial charge in [0.15, 0.2) is 5.69 Å². The molecule has 0 saturated heterocycles. The van der Waals surface area contributed by atoms with Crippen LogP contribution in [0.15, 0.2) is 30.3 Å². The van der Waals surface area contributed by atoms with Crippen LogP contribution in [0.25, 0.3) is 16.6 Å². The van der Waals surface area contributed by atoms with Crippen LogP contribution < -0.4 is 5.73 Å². The van der Waals surface area contributed by atoms with Crippen LogP contribution in [-0.2, 0) is 12.4 Å². The quantitative estimate of drug-likeness (QED) is 0.657. The summed E-state index contributed by atoms with van der Waals surface area (Å²) in [6, 6.07) is 5.09. The number of alkyl halides is 6. The zero-order valence-corrected chi connectivity index (χ0v) is 12.6. The van der Waals surface area contributed by atoms with Gasteiger partial charge in [0.05, 0.1) is 22.2 Å². The van der Waals surface area contributed by atoms with Gasteiger partial charge in [0.2, 0.25) is 0 Å². The molecule has 2 heterocycles. The first-order valence-corrected chi connectivity index (χ1v) is 6.89. The molecule has 0 fully saturated rings. The summed E-state index contributed by atoms with van der Waals surface area (Å²) >= 11 is 0. The van der Waals surface area contributed by atoms with E-state index in [1.54, 1.807) is 0 Å². The first-order chi connectivity index (χ1) is 11.5. The monoisotopic (exact) mass is 360 g/mol. The van der Waals surface area contributed by atoms with E-state index in [4.69, 9.17) is 5.73 Å². The topological polar surface area (TPSA) is 56.7 Å². The Hall–Kier alpha value is -2.78. The molecular weight excluding hydrogens is 350 g/mol. The molecule has 0 aliphatic rings. The van der Waals surface area contributed by atoms with Crippen molar-refractivity contribution in [1.82, 2.24) is 14.8 Å². The van der Waals surface area contributed by atoms with Gasteiger partial charge >= 0.3 is 12.4 Å². The number of fused-ring (bicyclic) bond motifs is 1. The highest BCUT2D eigenvalue weighted by Gasteiger charge is 2.37. The van der Waals surface area contributed by atoms with Crippen LogP contribution >= 0.6 is 0 Å². The Morgan fingerprint density at radius 1 is 0.960 bits per heavy atom. The summed E-state index contributed by atoms with van der Waals surface area (Å²) in [4.78, 5) is 3.48. The standard InChI is InChI=1S/C15H10F6N4/c1-7-6-10-11(12(23-7)15(19,20)21)13(22)25(24-10)9-4-2-8(3-5-9)14(16,17)18/h2-6H,22H2,1H3. The van der Waals surface area contributed by atoms with Crippen LogP contribution in [0, 0.1) is 6.92 Å². The van der Waals surface area contributed by atoms with Crippen LogP contribution in [0.2, 0.25) is 0 Å². The second-order valence-electron chi connectivity index (χ2n) is 5.35. The maximum Gasteiger partial charge on any atom is 0.434 e. The summed E-state index contributed by atoms with van der Waals surface area (Å²) in [7, 11) is 0. The Morgan fingerprint density at radius 2 is 1.56 bits per heavy atom. The predicted molar refractivity (Wildman–Crippen MR) is 78.0 cm³/mol. The maximum absolute atomic E-state index is 13.2. The van der Waals surface area contributed by atoms with Crippen molar-refractivity contribution in [3.05, 3.63) is 47.3 Å². The lowest BCUT2D eigenvalue weighted by atomic mass is 10.2. The zero-order chi connectivity index (χ0) is 18.6. The van der Waals surface area contributed by atoms with Crippen LogP contribution in [0.5, 0.6) is 0 Å². The number of nitrogens with zero attached hydrogens (tertiary/aromatic N) is 3. The number of aromatic nitrogens is 3. The fraction of sp³-hybridized carbons (Fsp3) is 0.200. The minimum absolute atomic E-state index is 0.0442. The van der Waals surface area contributed by atoms with Gasteiger partial charge in [-0.2, -0.15) is 31.4 Å². The van der Waals surface area contributed by atoms with E-state index >= 15 is 0 Å². The van der Waals surface area contributed by atoms with Crippen molar-refractivity contribution in [1.29, 1.82) is 0 Å². The van der Waals surface area contributed by atoms with Crippen molar-refractivity contribution in [3.8, 4) is 5.69 Å². The molecule has 10 heteroatoms. The maximum atomic E-state index is 13.2. The number of pyridine rings is 1. The summed E-state index contributed by atoms with van der Waals surface area (Å²) in [5, 5.41) is 3.59. The Morgan fingerprint density at radius 3 is 2.08 bits per heavy atom. The summed E-state index contributed by atoms with van der Waals surface area (Å²) < 4.78 is 78.4. The molecule has 0 aliphatic heterocycles. The van der Waals surface area contributed by atoms with E-state index < -0.39 is 29.0 Å². The van der Waals surface area contributed by atoms with Gasteiger partial charge in [0.1, 0.15) is 5.82 Å². The van der Waals surface area contributed by atoms with Gasteiger partial charge in [0.25, 0.3) is 0 Å². The molecule has 2 N–H and O–H groups in total. The largest absolute Gasteiger partial charge is 0.434 e. The number of benzene rings is 1. The van der Waals surface area contributed by atoms with Crippen molar-refractivity contribution in [2.75, 3.05) is 5.73 Å². The van der Waals surface area contributed by atoms with E-state index in [1.165, 1.54) is 13.0 Å². The lowest BCUT2D eigenvalue weighted by Crippen LogP contribution is -2.10. The van der Waals surface area contributed by atoms with Crippen molar-refractivity contribution in [2.24, 2.45) is 0 Å². The molecule has 0 unspecified atom stereocenters. The van der Waals surface area contributed by atoms with Gasteiger partial charge in [0, 0.05) is 5.69 Å². The van der Waals surface area contributed by atoms with Crippen molar-refractivity contribution in [3.63, 3.8) is 0 Å². The second kappa shape index (κ2) is 5.36. The molecule has 2 aromatic heterocycles. The molecule has 0 radical (unpaired) electrons. The summed E-state index contributed by atoms with van der Waals surface area (Å²) in [6.45, 7) is 1.38. The lowest BCUT2D eigenvalue weighted by Gasteiger charge is -2.09. The Labute approximate surface area is 136 Å². The molecule has 0 amide bonds. The minimum atomic E-state index is -4.74. The molecule has 1 aromatic carbocycles. The first kappa shape index (κ1) is 17.1. The fourth-order valence-corrected chi connectivity index (χ4v) is 2.45. The summed E-state index contributed by atoms with van der Waals surface area (Å²) in [5.41, 5.74) is 3.86. The van der Waals surface area contributed by atoms with E-state index in [-0.39, 0.29) is 22.7 Å². The third kappa shape index (κ3) is 2.99. The Kier molecular flexibility index (Phi) is 3.66. The summed E-state index contributed by atoms with van der Waals surface area (Å²) in [6.07, 6.45) is -9.27. The number of nitrogen functional groups attached to an aromatic ring is 1. The van der Waals surface area contributed by atoms with Crippen LogP contribution in [0.1, 0.15) is 17.0 Å². The molecule has 132 valence electrons. The molecule has 4 nitrogen and oxygen atoms in total. The third-order valence-corrected chi connectivity index (χ3v) is 3.53. The third-order valence-electron chi connectivity index (χ3n) is 3.53. The minimum Gasteiger partial charge on any atom is -0.383 e. The van der Waals surface area contributed by atoms with Gasteiger partial charge in [-0.25, -0.2) is 9.67 Å². The number of rotatable bonds is 1. The molecule has 3 aromatic rings. The van der Waals surface area contributed by atoms with Gasteiger partial charge in [-0.15, -0.1) is 0 Å². The lowest BCUT2D eigenvalue weighted by molar-refractivity contribution is -0.140. The fourth-order valence-electron chi connectivity index (χ4n) is 2.45. The zero-order valence-electron chi connectivity index (χ0n) is 12.6. The molecule has 0 atom stereocenters. The number of halogens is 6. The molecule has 0 spiro atoms. The second-order valence-corrected chi connectivity index (χ2v) is 5.35. The number of hydrogen-bond donors (Lipinski definition) is 1. The average Bonchev–Trinajstić information content (AvgIpc) is 2.81. The smallest absolute Gasteiger partial charge is 0.383 e. The predicted octanol–water partition coefficient (Wildman–Crippen LogP) is 4.35. The number of hydrogen-bond acceptors (Lipinski definition) is 3. The highest BCUT2D eigenvalue weighted by Crippen LogP contribution is 2.37. The van der Waals surface area contributed by atoms with Crippen LogP contribution in [-0.4, -0.2) is 14.8 Å². The van der Waals surface area contributed by atoms with Crippen LogP contribution in [0.3, 0.4) is 0 Å². The summed E-state index contributed by atoms with van der Waals surface area (Å²) in [5.74, 6) is -0.352. The molecule has 0 saturated carbocycles. The average molecular weight is 360 g/mol. The molecule has 3 rings (SSSR count). The van der Waals surface area contributed by atoms with E-state index in [9.17, 15) is 26.3 Å². The normalized spacial score (nSPS) is 12.8. The number of aryl methyl sites for hydroxylation is 1. The number of nitrogens with two attached hydrogens (primary N) is 1. The molecule has 0 aliphatic carbocycles.